The fraction of sp³-hybridized carbons (Fsp3) is 0.346. The van der Waals surface area contributed by atoms with Crippen molar-refractivity contribution in [3.8, 4) is 11.4 Å². The summed E-state index contributed by atoms with van der Waals surface area (Å²) in [5, 5.41) is 10.8. The fourth-order valence-corrected chi connectivity index (χ4v) is 4.23. The summed E-state index contributed by atoms with van der Waals surface area (Å²) in [4.78, 5) is 27.4. The zero-order chi connectivity index (χ0) is 24.1. The summed E-state index contributed by atoms with van der Waals surface area (Å²) >= 11 is 0. The van der Waals surface area contributed by atoms with E-state index in [9.17, 15) is 9.59 Å². The van der Waals surface area contributed by atoms with Crippen LogP contribution < -0.4 is 20.3 Å². The predicted octanol–water partition coefficient (Wildman–Crippen LogP) is 4.39. The Hall–Kier alpha value is -3.81. The normalized spacial score (nSPS) is 14.0. The van der Waals surface area contributed by atoms with Crippen molar-refractivity contribution in [2.75, 3.05) is 35.7 Å². The number of nitrogens with one attached hydrogen (secondary N) is 2. The molecule has 0 spiro atoms. The molecule has 178 valence electrons. The number of methoxy groups -OCH3 is 1. The molecule has 1 aliphatic rings. The van der Waals surface area contributed by atoms with Crippen molar-refractivity contribution in [2.45, 2.75) is 33.1 Å². The molecule has 2 aromatic carbocycles. The van der Waals surface area contributed by atoms with Gasteiger partial charge in [-0.05, 0) is 44.0 Å². The number of carbonyl (C=O) groups excluding carboxylic acids is 2. The molecule has 2 amide bonds. The van der Waals surface area contributed by atoms with E-state index in [1.807, 2.05) is 73.1 Å². The van der Waals surface area contributed by atoms with Gasteiger partial charge in [0.15, 0.2) is 5.82 Å². The van der Waals surface area contributed by atoms with Crippen LogP contribution in [0.1, 0.15) is 31.9 Å². The third kappa shape index (κ3) is 5.06. The zero-order valence-electron chi connectivity index (χ0n) is 19.9. The van der Waals surface area contributed by atoms with Crippen LogP contribution in [-0.4, -0.2) is 41.8 Å². The number of para-hydroxylation sites is 1. The predicted molar refractivity (Wildman–Crippen MR) is 134 cm³/mol. The van der Waals surface area contributed by atoms with Crippen molar-refractivity contribution in [3.05, 3.63) is 60.3 Å². The highest BCUT2D eigenvalue weighted by molar-refractivity contribution is 5.95. The molecule has 34 heavy (non-hydrogen) atoms. The molecule has 1 aromatic heterocycles. The molecule has 0 bridgehead atoms. The van der Waals surface area contributed by atoms with Gasteiger partial charge in [0, 0.05) is 37.2 Å². The lowest BCUT2D eigenvalue weighted by molar-refractivity contribution is -0.120. The van der Waals surface area contributed by atoms with Crippen LogP contribution in [0, 0.1) is 12.8 Å². The number of rotatable bonds is 7. The minimum atomic E-state index is -0.0923. The first-order chi connectivity index (χ1) is 16.5. The smallest absolute Gasteiger partial charge is 0.227 e. The first-order valence-corrected chi connectivity index (χ1v) is 11.6. The maximum absolute atomic E-state index is 12.9. The van der Waals surface area contributed by atoms with Crippen LogP contribution >= 0.6 is 0 Å². The number of aromatic nitrogens is 2. The number of carbonyl (C=O) groups is 2. The summed E-state index contributed by atoms with van der Waals surface area (Å²) in [6, 6.07) is 17.3. The maximum Gasteiger partial charge on any atom is 0.227 e. The molecule has 8 heteroatoms. The third-order valence-corrected chi connectivity index (χ3v) is 6.12. The van der Waals surface area contributed by atoms with E-state index in [0.717, 1.165) is 28.6 Å². The van der Waals surface area contributed by atoms with Crippen LogP contribution in [0.25, 0.3) is 5.69 Å². The minimum absolute atomic E-state index is 0.0140. The van der Waals surface area contributed by atoms with Gasteiger partial charge >= 0.3 is 0 Å². The van der Waals surface area contributed by atoms with E-state index < -0.39 is 0 Å². The Morgan fingerprint density at radius 1 is 1.06 bits per heavy atom. The number of nitrogens with zero attached hydrogens (tertiary/aromatic N) is 3. The van der Waals surface area contributed by atoms with Crippen molar-refractivity contribution < 1.29 is 14.3 Å². The lowest BCUT2D eigenvalue weighted by Gasteiger charge is -2.33. The standard InChI is InChI=1S/C26H31N5O3/c1-4-23(32)28-24-18(2)29-31(21-10-6-5-7-11-21)26(24)30-15-13-19(14-16-30)25(33)27-20-9-8-12-22(17-20)34-3/h5-12,17,19H,4,13-16H2,1-3H3,(H,27,33)(H,28,32). The van der Waals surface area contributed by atoms with Crippen molar-refractivity contribution in [2.24, 2.45) is 5.92 Å². The van der Waals surface area contributed by atoms with Crippen LogP contribution in [0.2, 0.25) is 0 Å². The summed E-state index contributed by atoms with van der Waals surface area (Å²) in [5.74, 6) is 1.44. The molecule has 1 saturated heterocycles. The van der Waals surface area contributed by atoms with Crippen molar-refractivity contribution in [1.82, 2.24) is 9.78 Å². The van der Waals surface area contributed by atoms with E-state index in [4.69, 9.17) is 9.84 Å². The van der Waals surface area contributed by atoms with Gasteiger partial charge in [0.25, 0.3) is 0 Å². The van der Waals surface area contributed by atoms with Crippen LogP contribution in [0.3, 0.4) is 0 Å². The van der Waals surface area contributed by atoms with E-state index in [1.54, 1.807) is 7.11 Å². The van der Waals surface area contributed by atoms with Crippen LogP contribution in [0.4, 0.5) is 17.2 Å². The Morgan fingerprint density at radius 2 is 1.79 bits per heavy atom. The quantitative estimate of drug-likeness (QED) is 0.545. The van der Waals surface area contributed by atoms with E-state index in [-0.39, 0.29) is 17.7 Å². The highest BCUT2D eigenvalue weighted by atomic mass is 16.5. The molecule has 0 unspecified atom stereocenters. The van der Waals surface area contributed by atoms with Crippen molar-refractivity contribution in [3.63, 3.8) is 0 Å². The Bertz CT molecular complexity index is 1150. The summed E-state index contributed by atoms with van der Waals surface area (Å²) in [6.07, 6.45) is 1.80. The monoisotopic (exact) mass is 461 g/mol. The molecule has 0 atom stereocenters. The highest BCUT2D eigenvalue weighted by Gasteiger charge is 2.30. The largest absolute Gasteiger partial charge is 0.497 e. The molecular weight excluding hydrogens is 430 g/mol. The number of ether oxygens (including phenoxy) is 1. The average molecular weight is 462 g/mol. The Labute approximate surface area is 199 Å². The van der Waals surface area contributed by atoms with Gasteiger partial charge in [0.2, 0.25) is 11.8 Å². The first kappa shape index (κ1) is 23.4. The molecule has 2 heterocycles. The van der Waals surface area contributed by atoms with Gasteiger partial charge in [-0.3, -0.25) is 9.59 Å². The zero-order valence-corrected chi connectivity index (χ0v) is 19.9. The summed E-state index contributed by atoms with van der Waals surface area (Å²) < 4.78 is 7.13. The van der Waals surface area contributed by atoms with Gasteiger partial charge in [-0.25, -0.2) is 4.68 Å². The fourth-order valence-electron chi connectivity index (χ4n) is 4.23. The van der Waals surface area contributed by atoms with E-state index in [0.29, 0.717) is 38.1 Å². The second-order valence-corrected chi connectivity index (χ2v) is 8.42. The van der Waals surface area contributed by atoms with Gasteiger partial charge < -0.3 is 20.3 Å². The third-order valence-electron chi connectivity index (χ3n) is 6.12. The summed E-state index contributed by atoms with van der Waals surface area (Å²) in [7, 11) is 1.61. The number of benzene rings is 2. The molecule has 2 N–H and O–H groups in total. The van der Waals surface area contributed by atoms with Crippen LogP contribution in [0.5, 0.6) is 5.75 Å². The molecule has 4 rings (SSSR count). The number of amides is 2. The molecule has 0 aliphatic carbocycles. The highest BCUT2D eigenvalue weighted by Crippen LogP contribution is 2.35. The topological polar surface area (TPSA) is 88.5 Å². The lowest BCUT2D eigenvalue weighted by Crippen LogP contribution is -2.39. The van der Waals surface area contributed by atoms with E-state index in [2.05, 4.69) is 15.5 Å². The van der Waals surface area contributed by atoms with Gasteiger partial charge in [0.1, 0.15) is 11.4 Å². The van der Waals surface area contributed by atoms with Crippen LogP contribution in [-0.2, 0) is 9.59 Å². The molecule has 3 aromatic rings. The second-order valence-electron chi connectivity index (χ2n) is 8.42. The van der Waals surface area contributed by atoms with Gasteiger partial charge in [-0.1, -0.05) is 31.2 Å². The minimum Gasteiger partial charge on any atom is -0.497 e. The number of aryl methyl sites for hydroxylation is 1. The first-order valence-electron chi connectivity index (χ1n) is 11.6. The van der Waals surface area contributed by atoms with Gasteiger partial charge in [-0.2, -0.15) is 5.10 Å². The van der Waals surface area contributed by atoms with Gasteiger partial charge in [0.05, 0.1) is 18.5 Å². The van der Waals surface area contributed by atoms with Gasteiger partial charge in [-0.15, -0.1) is 0 Å². The number of hydrogen-bond donors (Lipinski definition) is 2. The Morgan fingerprint density at radius 3 is 2.47 bits per heavy atom. The second kappa shape index (κ2) is 10.4. The van der Waals surface area contributed by atoms with Crippen LogP contribution in [0.15, 0.2) is 54.6 Å². The maximum atomic E-state index is 12.9. The summed E-state index contributed by atoms with van der Waals surface area (Å²) in [6.45, 7) is 5.10. The van der Waals surface area contributed by atoms with Crippen molar-refractivity contribution in [1.29, 1.82) is 0 Å². The van der Waals surface area contributed by atoms with Crippen molar-refractivity contribution >= 4 is 29.0 Å². The molecule has 1 fully saturated rings. The molecule has 8 nitrogen and oxygen atoms in total. The summed E-state index contributed by atoms with van der Waals surface area (Å²) in [5.41, 5.74) is 3.15. The molecule has 0 saturated carbocycles. The van der Waals surface area contributed by atoms with E-state index in [1.165, 1.54) is 0 Å². The van der Waals surface area contributed by atoms with E-state index >= 15 is 0 Å². The molecule has 1 aliphatic heterocycles. The lowest BCUT2D eigenvalue weighted by atomic mass is 9.95. The number of anilines is 3. The SMILES string of the molecule is CCC(=O)Nc1c(C)nn(-c2ccccc2)c1N1CCC(C(=O)Nc2cccc(OC)c2)CC1. The number of piperidine rings is 1. The molecule has 0 radical (unpaired) electrons. The molecular formula is C26H31N5O3. The Kier molecular flexibility index (Phi) is 7.15. The number of hydrogen-bond acceptors (Lipinski definition) is 5. The Balaban J connectivity index is 1.53. The average Bonchev–Trinajstić information content (AvgIpc) is 3.20.